The molecule has 118 valence electrons. The predicted octanol–water partition coefficient (Wildman–Crippen LogP) is 2.36. The third-order valence-corrected chi connectivity index (χ3v) is 4.53. The second-order valence-corrected chi connectivity index (χ2v) is 6.50. The van der Waals surface area contributed by atoms with Crippen LogP contribution < -0.4 is 14.2 Å². The van der Waals surface area contributed by atoms with Crippen molar-refractivity contribution < 1.29 is 17.9 Å². The van der Waals surface area contributed by atoms with E-state index in [1.807, 2.05) is 6.92 Å². The van der Waals surface area contributed by atoms with Gasteiger partial charge in [0.25, 0.3) is 0 Å². The summed E-state index contributed by atoms with van der Waals surface area (Å²) in [6.45, 7) is 2.35. The highest BCUT2D eigenvalue weighted by Gasteiger charge is 2.12. The zero-order chi connectivity index (χ0) is 16.0. The Labute approximate surface area is 130 Å². The minimum atomic E-state index is -3.49. The Balaban J connectivity index is 1.83. The second-order valence-electron chi connectivity index (χ2n) is 4.73. The third kappa shape index (κ3) is 4.47. The summed E-state index contributed by atoms with van der Waals surface area (Å²) in [5.41, 5.74) is 1.02. The summed E-state index contributed by atoms with van der Waals surface area (Å²) < 4.78 is 37.1. The highest BCUT2D eigenvalue weighted by Crippen LogP contribution is 2.16. The Kier molecular flexibility index (Phi) is 5.41. The molecule has 2 aromatic carbocycles. The van der Waals surface area contributed by atoms with Crippen LogP contribution in [0.3, 0.4) is 0 Å². The molecule has 6 heteroatoms. The molecule has 0 atom stereocenters. The standard InChI is InChI=1S/C16H19NO4S/c1-13-3-9-16(10-4-13)22(18,19)17-11-12-21-15-7-5-14(20-2)6-8-15/h3-10,17H,11-12H2,1-2H3. The summed E-state index contributed by atoms with van der Waals surface area (Å²) in [6, 6.07) is 13.8. The molecule has 1 N–H and O–H groups in total. The lowest BCUT2D eigenvalue weighted by molar-refractivity contribution is 0.322. The van der Waals surface area contributed by atoms with Crippen molar-refractivity contribution in [1.82, 2.24) is 4.72 Å². The van der Waals surface area contributed by atoms with E-state index in [1.54, 1.807) is 55.6 Å². The minimum absolute atomic E-state index is 0.197. The van der Waals surface area contributed by atoms with Crippen LogP contribution >= 0.6 is 0 Å². The van der Waals surface area contributed by atoms with E-state index in [-0.39, 0.29) is 18.0 Å². The van der Waals surface area contributed by atoms with E-state index in [4.69, 9.17) is 9.47 Å². The fourth-order valence-electron chi connectivity index (χ4n) is 1.82. The van der Waals surface area contributed by atoms with Crippen LogP contribution in [0.1, 0.15) is 5.56 Å². The van der Waals surface area contributed by atoms with E-state index >= 15 is 0 Å². The Morgan fingerprint density at radius 3 is 2.14 bits per heavy atom. The number of benzene rings is 2. The minimum Gasteiger partial charge on any atom is -0.497 e. The summed E-state index contributed by atoms with van der Waals surface area (Å²) in [5, 5.41) is 0. The zero-order valence-corrected chi connectivity index (χ0v) is 13.4. The Bertz CT molecular complexity index is 694. The van der Waals surface area contributed by atoms with Crippen LogP contribution in [0.25, 0.3) is 0 Å². The maximum absolute atomic E-state index is 12.1. The lowest BCUT2D eigenvalue weighted by atomic mass is 10.2. The number of ether oxygens (including phenoxy) is 2. The van der Waals surface area contributed by atoms with Crippen molar-refractivity contribution in [1.29, 1.82) is 0 Å². The van der Waals surface area contributed by atoms with Crippen molar-refractivity contribution in [2.75, 3.05) is 20.3 Å². The Morgan fingerprint density at radius 1 is 0.955 bits per heavy atom. The molecule has 0 radical (unpaired) electrons. The highest BCUT2D eigenvalue weighted by atomic mass is 32.2. The molecule has 0 aliphatic carbocycles. The lowest BCUT2D eigenvalue weighted by Crippen LogP contribution is -2.28. The van der Waals surface area contributed by atoms with Gasteiger partial charge in [0.05, 0.1) is 12.0 Å². The molecule has 0 fully saturated rings. The van der Waals surface area contributed by atoms with Crippen LogP contribution in [-0.4, -0.2) is 28.7 Å². The van der Waals surface area contributed by atoms with E-state index in [0.717, 1.165) is 11.3 Å². The summed E-state index contributed by atoms with van der Waals surface area (Å²) in [5.74, 6) is 1.41. The number of rotatable bonds is 7. The van der Waals surface area contributed by atoms with E-state index in [2.05, 4.69) is 4.72 Å². The second kappa shape index (κ2) is 7.29. The number of hydrogen-bond acceptors (Lipinski definition) is 4. The van der Waals surface area contributed by atoms with E-state index in [1.165, 1.54) is 0 Å². The molecular formula is C16H19NO4S. The van der Waals surface area contributed by atoms with Crippen LogP contribution in [0.15, 0.2) is 53.4 Å². The van der Waals surface area contributed by atoms with Crippen LogP contribution in [0.2, 0.25) is 0 Å². The number of aryl methyl sites for hydroxylation is 1. The first-order valence-electron chi connectivity index (χ1n) is 6.84. The smallest absolute Gasteiger partial charge is 0.240 e. The quantitative estimate of drug-likeness (QED) is 0.795. The molecular weight excluding hydrogens is 302 g/mol. The Morgan fingerprint density at radius 2 is 1.55 bits per heavy atom. The van der Waals surface area contributed by atoms with Crippen LogP contribution in [0.4, 0.5) is 0 Å². The molecule has 0 amide bonds. The predicted molar refractivity (Wildman–Crippen MR) is 84.9 cm³/mol. The molecule has 2 aromatic rings. The van der Waals surface area contributed by atoms with Gasteiger partial charge in [0.1, 0.15) is 18.1 Å². The lowest BCUT2D eigenvalue weighted by Gasteiger charge is -2.09. The molecule has 0 aliphatic heterocycles. The van der Waals surface area contributed by atoms with Crippen molar-refractivity contribution in [3.05, 3.63) is 54.1 Å². The van der Waals surface area contributed by atoms with Crippen molar-refractivity contribution in [2.24, 2.45) is 0 Å². The number of nitrogens with one attached hydrogen (secondary N) is 1. The molecule has 0 aromatic heterocycles. The molecule has 0 aliphatic rings. The SMILES string of the molecule is COc1ccc(OCCNS(=O)(=O)c2ccc(C)cc2)cc1. The van der Waals surface area contributed by atoms with Crippen molar-refractivity contribution in [3.63, 3.8) is 0 Å². The van der Waals surface area contributed by atoms with E-state index < -0.39 is 10.0 Å². The molecule has 22 heavy (non-hydrogen) atoms. The van der Waals surface area contributed by atoms with Gasteiger partial charge in [-0.2, -0.15) is 0 Å². The maximum atomic E-state index is 12.1. The largest absolute Gasteiger partial charge is 0.497 e. The van der Waals surface area contributed by atoms with E-state index in [9.17, 15) is 8.42 Å². The number of sulfonamides is 1. The van der Waals surface area contributed by atoms with Gasteiger partial charge in [0, 0.05) is 6.54 Å². The molecule has 5 nitrogen and oxygen atoms in total. The number of hydrogen-bond donors (Lipinski definition) is 1. The first-order valence-corrected chi connectivity index (χ1v) is 8.33. The molecule has 0 saturated carbocycles. The van der Waals surface area contributed by atoms with E-state index in [0.29, 0.717) is 5.75 Å². The molecule has 0 bridgehead atoms. The van der Waals surface area contributed by atoms with Gasteiger partial charge in [0.15, 0.2) is 0 Å². The normalized spacial score (nSPS) is 11.2. The van der Waals surface area contributed by atoms with Gasteiger partial charge in [-0.25, -0.2) is 13.1 Å². The van der Waals surface area contributed by atoms with Gasteiger partial charge < -0.3 is 9.47 Å². The fraction of sp³-hybridized carbons (Fsp3) is 0.250. The van der Waals surface area contributed by atoms with Gasteiger partial charge in [-0.3, -0.25) is 0 Å². The van der Waals surface area contributed by atoms with Crippen molar-refractivity contribution >= 4 is 10.0 Å². The summed E-state index contributed by atoms with van der Waals surface area (Å²) in [4.78, 5) is 0.252. The summed E-state index contributed by atoms with van der Waals surface area (Å²) in [7, 11) is -1.90. The molecule has 0 spiro atoms. The first kappa shape index (κ1) is 16.3. The first-order chi connectivity index (χ1) is 10.5. The average molecular weight is 321 g/mol. The molecule has 2 rings (SSSR count). The molecule has 0 saturated heterocycles. The van der Waals surface area contributed by atoms with Gasteiger partial charge in [-0.15, -0.1) is 0 Å². The van der Waals surface area contributed by atoms with Crippen molar-refractivity contribution in [2.45, 2.75) is 11.8 Å². The summed E-state index contributed by atoms with van der Waals surface area (Å²) in [6.07, 6.45) is 0. The number of methoxy groups -OCH3 is 1. The van der Waals surface area contributed by atoms with Gasteiger partial charge in [-0.05, 0) is 43.3 Å². The highest BCUT2D eigenvalue weighted by molar-refractivity contribution is 7.89. The zero-order valence-electron chi connectivity index (χ0n) is 12.6. The van der Waals surface area contributed by atoms with Crippen LogP contribution in [0.5, 0.6) is 11.5 Å². The average Bonchev–Trinajstić information content (AvgIpc) is 2.52. The maximum Gasteiger partial charge on any atom is 0.240 e. The molecule has 0 unspecified atom stereocenters. The van der Waals surface area contributed by atoms with Crippen LogP contribution in [0, 0.1) is 6.92 Å². The Hall–Kier alpha value is -2.05. The van der Waals surface area contributed by atoms with Gasteiger partial charge in [0.2, 0.25) is 10.0 Å². The monoisotopic (exact) mass is 321 g/mol. The molecule has 0 heterocycles. The van der Waals surface area contributed by atoms with Gasteiger partial charge >= 0.3 is 0 Å². The topological polar surface area (TPSA) is 64.6 Å². The fourth-order valence-corrected chi connectivity index (χ4v) is 2.83. The van der Waals surface area contributed by atoms with Crippen molar-refractivity contribution in [3.8, 4) is 11.5 Å². The third-order valence-electron chi connectivity index (χ3n) is 3.05. The summed E-state index contributed by atoms with van der Waals surface area (Å²) >= 11 is 0. The van der Waals surface area contributed by atoms with Gasteiger partial charge in [-0.1, -0.05) is 17.7 Å². The van der Waals surface area contributed by atoms with Crippen LogP contribution in [-0.2, 0) is 10.0 Å².